The van der Waals surface area contributed by atoms with Crippen LogP contribution in [0.1, 0.15) is 48.8 Å². The van der Waals surface area contributed by atoms with E-state index in [4.69, 9.17) is 0 Å². The third kappa shape index (κ3) is 4.61. The SMILES string of the molecule is CC(C)c1cc(C(=O)N(CC(=O)O)C2CCN(S(C)(=O)=O)CC2)n(C)n1. The molecule has 9 nitrogen and oxygen atoms in total. The van der Waals surface area contributed by atoms with Gasteiger partial charge >= 0.3 is 5.97 Å². The first-order chi connectivity index (χ1) is 12.0. The molecule has 1 aromatic rings. The molecule has 1 aromatic heterocycles. The van der Waals surface area contributed by atoms with Crippen LogP contribution in [0.25, 0.3) is 0 Å². The Morgan fingerprint density at radius 3 is 2.35 bits per heavy atom. The Labute approximate surface area is 153 Å². The van der Waals surface area contributed by atoms with Gasteiger partial charge in [-0.1, -0.05) is 13.8 Å². The maximum atomic E-state index is 13.0. The average Bonchev–Trinajstić information content (AvgIpc) is 2.93. The van der Waals surface area contributed by atoms with E-state index in [0.717, 1.165) is 11.9 Å². The summed E-state index contributed by atoms with van der Waals surface area (Å²) in [5.74, 6) is -1.35. The van der Waals surface area contributed by atoms with Crippen molar-refractivity contribution in [2.24, 2.45) is 7.05 Å². The van der Waals surface area contributed by atoms with Crippen molar-refractivity contribution < 1.29 is 23.1 Å². The van der Waals surface area contributed by atoms with Crippen LogP contribution in [-0.4, -0.2) is 76.3 Å². The van der Waals surface area contributed by atoms with Crippen LogP contribution in [0.2, 0.25) is 0 Å². The first-order valence-electron chi connectivity index (χ1n) is 8.52. The molecule has 0 bridgehead atoms. The summed E-state index contributed by atoms with van der Waals surface area (Å²) >= 11 is 0. The van der Waals surface area contributed by atoms with Crippen LogP contribution in [0.15, 0.2) is 6.07 Å². The van der Waals surface area contributed by atoms with E-state index in [1.807, 2.05) is 13.8 Å². The molecule has 26 heavy (non-hydrogen) atoms. The topological polar surface area (TPSA) is 113 Å². The van der Waals surface area contributed by atoms with Crippen LogP contribution in [0.5, 0.6) is 0 Å². The number of aryl methyl sites for hydroxylation is 1. The molecular formula is C16H26N4O5S. The van der Waals surface area contributed by atoms with Crippen LogP contribution in [0.4, 0.5) is 0 Å². The van der Waals surface area contributed by atoms with Crippen molar-refractivity contribution in [2.75, 3.05) is 25.9 Å². The number of carbonyl (C=O) groups is 2. The number of sulfonamides is 1. The van der Waals surface area contributed by atoms with Gasteiger partial charge in [0.05, 0.1) is 11.9 Å². The molecular weight excluding hydrogens is 360 g/mol. The zero-order valence-corrected chi connectivity index (χ0v) is 16.4. The maximum absolute atomic E-state index is 13.0. The molecule has 10 heteroatoms. The molecule has 0 aliphatic carbocycles. The number of hydrogen-bond acceptors (Lipinski definition) is 5. The van der Waals surface area contributed by atoms with Crippen LogP contribution in [-0.2, 0) is 21.9 Å². The molecule has 0 aromatic carbocycles. The molecule has 1 N–H and O–H groups in total. The Kier molecular flexibility index (Phi) is 6.07. The largest absolute Gasteiger partial charge is 0.480 e. The normalized spacial score (nSPS) is 16.8. The second kappa shape index (κ2) is 7.75. The van der Waals surface area contributed by atoms with Crippen LogP contribution in [0, 0.1) is 0 Å². The summed E-state index contributed by atoms with van der Waals surface area (Å²) in [6, 6.07) is 1.36. The third-order valence-corrected chi connectivity index (χ3v) is 5.91. The van der Waals surface area contributed by atoms with E-state index in [1.165, 1.54) is 13.9 Å². The minimum atomic E-state index is -3.28. The zero-order chi connectivity index (χ0) is 19.6. The molecule has 1 saturated heterocycles. The van der Waals surface area contributed by atoms with E-state index in [-0.39, 0.29) is 25.0 Å². The number of piperidine rings is 1. The molecule has 2 heterocycles. The molecule has 0 saturated carbocycles. The van der Waals surface area contributed by atoms with Crippen molar-refractivity contribution in [1.82, 2.24) is 19.0 Å². The van der Waals surface area contributed by atoms with Gasteiger partial charge in [-0.3, -0.25) is 14.3 Å². The van der Waals surface area contributed by atoms with Crippen LogP contribution >= 0.6 is 0 Å². The van der Waals surface area contributed by atoms with Crippen molar-refractivity contribution in [3.05, 3.63) is 17.5 Å². The van der Waals surface area contributed by atoms with Gasteiger partial charge in [0.15, 0.2) is 0 Å². The second-order valence-corrected chi connectivity index (χ2v) is 8.94. The van der Waals surface area contributed by atoms with Crippen molar-refractivity contribution in [3.8, 4) is 0 Å². The molecule has 2 rings (SSSR count). The Hall–Kier alpha value is -1.94. The average molecular weight is 386 g/mol. The maximum Gasteiger partial charge on any atom is 0.323 e. The van der Waals surface area contributed by atoms with Crippen molar-refractivity contribution in [2.45, 2.75) is 38.6 Å². The molecule has 1 aliphatic heterocycles. The monoisotopic (exact) mass is 386 g/mol. The zero-order valence-electron chi connectivity index (χ0n) is 15.5. The lowest BCUT2D eigenvalue weighted by atomic mass is 10.0. The summed E-state index contributed by atoms with van der Waals surface area (Å²) < 4.78 is 26.1. The highest BCUT2D eigenvalue weighted by atomic mass is 32.2. The Bertz CT molecular complexity index is 779. The van der Waals surface area contributed by atoms with Crippen molar-refractivity contribution >= 4 is 21.9 Å². The lowest BCUT2D eigenvalue weighted by Gasteiger charge is -2.36. The van der Waals surface area contributed by atoms with E-state index in [1.54, 1.807) is 13.1 Å². The number of aromatic nitrogens is 2. The Morgan fingerprint density at radius 1 is 1.35 bits per heavy atom. The van der Waals surface area contributed by atoms with E-state index in [9.17, 15) is 23.1 Å². The number of hydrogen-bond donors (Lipinski definition) is 1. The second-order valence-electron chi connectivity index (χ2n) is 6.95. The minimum absolute atomic E-state index is 0.147. The van der Waals surface area contributed by atoms with Crippen LogP contribution < -0.4 is 0 Å². The fourth-order valence-electron chi connectivity index (χ4n) is 3.12. The van der Waals surface area contributed by atoms with Gasteiger partial charge in [0.25, 0.3) is 5.91 Å². The van der Waals surface area contributed by atoms with Gasteiger partial charge in [-0.05, 0) is 24.8 Å². The predicted molar refractivity (Wildman–Crippen MR) is 95.4 cm³/mol. The van der Waals surface area contributed by atoms with E-state index in [0.29, 0.717) is 18.5 Å². The number of amides is 1. The third-order valence-electron chi connectivity index (χ3n) is 4.61. The van der Waals surface area contributed by atoms with Crippen molar-refractivity contribution in [3.63, 3.8) is 0 Å². The molecule has 0 spiro atoms. The molecule has 0 atom stereocenters. The number of carbonyl (C=O) groups excluding carboxylic acids is 1. The highest BCUT2D eigenvalue weighted by molar-refractivity contribution is 7.88. The summed E-state index contributed by atoms with van der Waals surface area (Å²) in [6.45, 7) is 4.05. The highest BCUT2D eigenvalue weighted by Crippen LogP contribution is 2.22. The van der Waals surface area contributed by atoms with E-state index < -0.39 is 28.4 Å². The summed E-state index contributed by atoms with van der Waals surface area (Å²) in [7, 11) is -1.63. The predicted octanol–water partition coefficient (Wildman–Crippen LogP) is 0.494. The fourth-order valence-corrected chi connectivity index (χ4v) is 3.99. The Balaban J connectivity index is 2.22. The van der Waals surface area contributed by atoms with E-state index in [2.05, 4.69) is 5.10 Å². The number of rotatable bonds is 6. The van der Waals surface area contributed by atoms with Gasteiger partial charge in [-0.15, -0.1) is 0 Å². The summed E-state index contributed by atoms with van der Waals surface area (Å²) in [6.07, 6.45) is 1.96. The molecule has 0 radical (unpaired) electrons. The van der Waals surface area contributed by atoms with Gasteiger partial charge in [-0.25, -0.2) is 12.7 Å². The minimum Gasteiger partial charge on any atom is -0.480 e. The summed E-state index contributed by atoms with van der Waals surface area (Å²) in [5.41, 5.74) is 1.10. The van der Waals surface area contributed by atoms with Gasteiger partial charge in [0, 0.05) is 26.2 Å². The first kappa shape index (κ1) is 20.4. The first-order valence-corrected chi connectivity index (χ1v) is 10.4. The molecule has 146 valence electrons. The molecule has 0 unspecified atom stereocenters. The molecule has 1 fully saturated rings. The number of carboxylic acids is 1. The lowest BCUT2D eigenvalue weighted by molar-refractivity contribution is -0.138. The van der Waals surface area contributed by atoms with Crippen molar-refractivity contribution in [1.29, 1.82) is 0 Å². The standard InChI is InChI=1S/C16H26N4O5S/c1-11(2)13-9-14(18(3)17-13)16(23)20(10-15(21)22)12-5-7-19(8-6-12)26(4,24)25/h9,11-12H,5-8,10H2,1-4H3,(H,21,22). The molecule has 1 amide bonds. The summed E-state index contributed by atoms with van der Waals surface area (Å²) in [5, 5.41) is 13.5. The lowest BCUT2D eigenvalue weighted by Crippen LogP contribution is -2.50. The van der Waals surface area contributed by atoms with E-state index >= 15 is 0 Å². The van der Waals surface area contributed by atoms with Gasteiger partial charge < -0.3 is 10.0 Å². The Morgan fingerprint density at radius 2 is 1.92 bits per heavy atom. The number of nitrogens with zero attached hydrogens (tertiary/aromatic N) is 4. The fraction of sp³-hybridized carbons (Fsp3) is 0.688. The molecule has 1 aliphatic rings. The highest BCUT2D eigenvalue weighted by Gasteiger charge is 2.33. The van der Waals surface area contributed by atoms with Crippen LogP contribution in [0.3, 0.4) is 0 Å². The quantitative estimate of drug-likeness (QED) is 0.761. The van der Waals surface area contributed by atoms with Gasteiger partial charge in [-0.2, -0.15) is 5.10 Å². The van der Waals surface area contributed by atoms with Gasteiger partial charge in [0.2, 0.25) is 10.0 Å². The summed E-state index contributed by atoms with van der Waals surface area (Å²) in [4.78, 5) is 25.6. The number of carboxylic acid groups (broad SMARTS) is 1. The number of aliphatic carboxylic acids is 1. The smallest absolute Gasteiger partial charge is 0.323 e. The van der Waals surface area contributed by atoms with Gasteiger partial charge in [0.1, 0.15) is 12.2 Å².